The van der Waals surface area contributed by atoms with Gasteiger partial charge in [-0.05, 0) is 0 Å². The molecule has 1 nitrogen and oxygen atoms in total. The Kier molecular flexibility index (Phi) is 1250. The van der Waals surface area contributed by atoms with Crippen LogP contribution in [0.1, 0.15) is 1.43 Å². The number of rotatable bonds is 0. The third-order valence-electron chi connectivity index (χ3n) is 0. The van der Waals surface area contributed by atoms with E-state index >= 15 is 0 Å². The van der Waals surface area contributed by atoms with Gasteiger partial charge < -0.3 is 6.15 Å². The van der Waals surface area contributed by atoms with Crippen LogP contribution in [-0.4, -0.2) is 0 Å². The molecule has 0 unspecified atom stereocenters. The molecule has 0 aliphatic carbocycles. The molecule has 0 radical (unpaired) electrons. The average Bonchev–Trinajstić information content (AvgIpc) is 0. The molecular weight excluding hydrogens is 204 g/mol. The number of hydrogen-bond acceptors (Lipinski definition) is 1. The van der Waals surface area contributed by atoms with E-state index in [9.17, 15) is 0 Å². The normalized spacial score (nSPS) is 0. The van der Waals surface area contributed by atoms with Crippen molar-refractivity contribution in [3.05, 3.63) is 0 Å². The predicted molar refractivity (Wildman–Crippen MR) is 35.1 cm³/mol. The van der Waals surface area contributed by atoms with Crippen LogP contribution in [0.4, 0.5) is 0 Å². The molecule has 0 aromatic rings. The van der Waals surface area contributed by atoms with Gasteiger partial charge in [-0.15, -0.1) is 49.6 Å². The topological polar surface area (TPSA) is 35.0 Å². The summed E-state index contributed by atoms with van der Waals surface area (Å²) in [7, 11) is 0. The molecule has 0 aliphatic heterocycles. The van der Waals surface area contributed by atoms with Crippen molar-refractivity contribution < 1.29 is 23.1 Å². The summed E-state index contributed by atoms with van der Waals surface area (Å²) in [5.74, 6) is 0. The third-order valence-corrected chi connectivity index (χ3v) is 0. The van der Waals surface area contributed by atoms with Crippen molar-refractivity contribution in [2.24, 2.45) is 0 Å². The first-order valence-corrected chi connectivity index (χ1v) is 0. The number of hydrogen-bond donors (Lipinski definition) is 1. The molecule has 0 bridgehead atoms. The van der Waals surface area contributed by atoms with Gasteiger partial charge in [0.2, 0.25) is 0 Å². The van der Waals surface area contributed by atoms with Gasteiger partial charge in [-0.3, -0.25) is 0 Å². The summed E-state index contributed by atoms with van der Waals surface area (Å²) in [5.41, 5.74) is 0. The van der Waals surface area contributed by atoms with Gasteiger partial charge in [-0.2, -0.15) is 0 Å². The fraction of sp³-hybridized carbons (Fsp3) is 0. The molecule has 6 heteroatoms. The van der Waals surface area contributed by atoms with Crippen LogP contribution in [-0.2, 0) is 21.7 Å². The van der Waals surface area contributed by atoms with E-state index < -0.39 is 0 Å². The average molecular weight is 212 g/mol. The van der Waals surface area contributed by atoms with Gasteiger partial charge in [0.05, 0.1) is 0 Å². The van der Waals surface area contributed by atoms with E-state index in [4.69, 9.17) is 0 Å². The van der Waals surface area contributed by atoms with Gasteiger partial charge in [-0.1, -0.05) is 0 Å². The van der Waals surface area contributed by atoms with E-state index in [1.165, 1.54) is 0 Å². The Morgan fingerprint density at radius 2 is 0.667 bits per heavy atom. The second-order valence-corrected chi connectivity index (χ2v) is 0. The maximum absolute atomic E-state index is 0. The van der Waals surface area contributed by atoms with Crippen LogP contribution in [0.25, 0.3) is 0 Å². The van der Waals surface area contributed by atoms with E-state index in [0.29, 0.717) is 0 Å². The van der Waals surface area contributed by atoms with Gasteiger partial charge >= 0.3 is 1.43 Å². The molecule has 0 rings (SSSR count). The largest absolute Gasteiger partial charge is 1.00 e. The summed E-state index contributed by atoms with van der Waals surface area (Å²) in [6, 6.07) is 0. The summed E-state index contributed by atoms with van der Waals surface area (Å²) >= 11 is 0. The molecule has 44 valence electrons. The van der Waals surface area contributed by atoms with Crippen molar-refractivity contribution in [2.45, 2.75) is 0 Å². The molecule has 0 atom stereocenters. The van der Waals surface area contributed by atoms with Crippen molar-refractivity contribution in [3.63, 3.8) is 0 Å². The Morgan fingerprint density at radius 1 is 0.667 bits per heavy atom. The first-order valence-electron chi connectivity index (χ1n) is 0. The van der Waals surface area contributed by atoms with Gasteiger partial charge in [0.15, 0.2) is 0 Å². The first kappa shape index (κ1) is 109. The smallest absolute Gasteiger partial charge is 0.344 e. The zero-order valence-electron chi connectivity index (χ0n) is 3.84. The molecule has 0 saturated carbocycles. The minimum Gasteiger partial charge on any atom is -0.344 e. The van der Waals surface area contributed by atoms with Gasteiger partial charge in [0, 0.05) is 21.7 Å². The Hall–Kier alpha value is 1.83. The third kappa shape index (κ3) is 40.5. The second-order valence-electron chi connectivity index (χ2n) is 0. The molecule has 6 heavy (non-hydrogen) atoms. The Balaban J connectivity index is 0. The zero-order valence-corrected chi connectivity index (χ0v) is 7.67. The van der Waals surface area contributed by atoms with E-state index in [1.54, 1.807) is 0 Å². The van der Waals surface area contributed by atoms with Crippen molar-refractivity contribution in [2.75, 3.05) is 0 Å². The van der Waals surface area contributed by atoms with E-state index in [0.717, 1.165) is 0 Å². The molecule has 0 heterocycles. The van der Waals surface area contributed by atoms with Crippen LogP contribution in [0, 0.1) is 0 Å². The van der Waals surface area contributed by atoms with Crippen molar-refractivity contribution in [3.8, 4) is 0 Å². The van der Waals surface area contributed by atoms with E-state index in [2.05, 4.69) is 0 Å². The maximum Gasteiger partial charge on any atom is 1.00 e. The van der Waals surface area contributed by atoms with E-state index in [-0.39, 0.29) is 78.9 Å². The van der Waals surface area contributed by atoms with E-state index in [1.807, 2.05) is 0 Å². The summed E-state index contributed by atoms with van der Waals surface area (Å²) in [6.07, 6.45) is 0. The fourth-order valence-corrected chi connectivity index (χ4v) is 0. The quantitative estimate of drug-likeness (QED) is 0.611. The Morgan fingerprint density at radius 3 is 0.667 bits per heavy atom. The first-order chi connectivity index (χ1) is 0. The van der Waals surface area contributed by atoms with Crippen LogP contribution in [0.15, 0.2) is 0 Å². The van der Waals surface area contributed by atoms with Crippen LogP contribution in [0.5, 0.6) is 0 Å². The Bertz CT molecular complexity index is 11.7. The molecule has 0 fully saturated rings. The van der Waals surface area contributed by atoms with Crippen LogP contribution in [0.2, 0.25) is 0 Å². The zero-order chi connectivity index (χ0) is 0. The van der Waals surface area contributed by atoms with Crippen LogP contribution < -0.4 is 6.15 Å². The minimum absolute atomic E-state index is 0. The number of halogens is 4. The summed E-state index contributed by atoms with van der Waals surface area (Å²) in [4.78, 5) is 0. The van der Waals surface area contributed by atoms with Gasteiger partial charge in [0.25, 0.3) is 0 Å². The fourth-order valence-electron chi connectivity index (χ4n) is 0. The standard InChI is InChI=1S/4ClH.H3N.Ti/h4*1H;1H3;/p+1. The maximum atomic E-state index is 0. The molecule has 3 N–H and O–H groups in total. The summed E-state index contributed by atoms with van der Waals surface area (Å²) < 4.78 is 0. The molecule has 0 aliphatic rings. The predicted octanol–water partition coefficient (Wildman–Crippen LogP) is 1.96. The Labute approximate surface area is 78.6 Å². The molecular formula is H8Cl4NTi+. The molecule has 0 saturated heterocycles. The molecule has 0 spiro atoms. The van der Waals surface area contributed by atoms with Crippen LogP contribution in [0.3, 0.4) is 0 Å². The summed E-state index contributed by atoms with van der Waals surface area (Å²) in [5, 5.41) is 0. The summed E-state index contributed by atoms with van der Waals surface area (Å²) in [6.45, 7) is 0. The SMILES string of the molecule is Cl.Cl.Cl.Cl.N.[H+].[Ti]. The van der Waals surface area contributed by atoms with Crippen LogP contribution >= 0.6 is 49.6 Å². The molecule has 0 aromatic carbocycles. The second kappa shape index (κ2) is 69.1. The van der Waals surface area contributed by atoms with Crippen molar-refractivity contribution in [1.29, 1.82) is 0 Å². The van der Waals surface area contributed by atoms with Crippen molar-refractivity contribution >= 4 is 49.6 Å². The monoisotopic (exact) mass is 210 g/mol. The molecule has 0 aromatic heterocycles. The van der Waals surface area contributed by atoms with Crippen molar-refractivity contribution in [1.82, 2.24) is 6.15 Å². The van der Waals surface area contributed by atoms with Gasteiger partial charge in [-0.25, -0.2) is 0 Å². The minimum atomic E-state index is 0. The molecule has 0 amide bonds. The van der Waals surface area contributed by atoms with Gasteiger partial charge in [0.1, 0.15) is 0 Å².